The second-order valence-electron chi connectivity index (χ2n) is 7.16. The molecule has 0 saturated heterocycles. The van der Waals surface area contributed by atoms with Crippen molar-refractivity contribution in [3.05, 3.63) is 24.2 Å². The molecule has 0 fully saturated rings. The SMILES string of the molecule is CC(C)(C)n1cc(Nc2ncc(C(N)=O)c(NCCOCCOCCO)n2)cn1. The fourth-order valence-corrected chi connectivity index (χ4v) is 2.27. The lowest BCUT2D eigenvalue weighted by molar-refractivity contribution is 0.0361. The van der Waals surface area contributed by atoms with Gasteiger partial charge in [-0.05, 0) is 20.8 Å². The Hall–Kier alpha value is -2.76. The summed E-state index contributed by atoms with van der Waals surface area (Å²) >= 11 is 0. The van der Waals surface area contributed by atoms with Crippen molar-refractivity contribution < 1.29 is 19.4 Å². The van der Waals surface area contributed by atoms with Crippen LogP contribution < -0.4 is 16.4 Å². The van der Waals surface area contributed by atoms with Gasteiger partial charge in [-0.15, -0.1) is 0 Å². The first-order valence-corrected chi connectivity index (χ1v) is 9.30. The average molecular weight is 407 g/mol. The van der Waals surface area contributed by atoms with Gasteiger partial charge in [0.05, 0.1) is 56.0 Å². The summed E-state index contributed by atoms with van der Waals surface area (Å²) in [5, 5.41) is 19.0. The smallest absolute Gasteiger partial charge is 0.254 e. The molecule has 0 atom stereocenters. The second-order valence-corrected chi connectivity index (χ2v) is 7.16. The molecule has 2 heterocycles. The molecule has 0 radical (unpaired) electrons. The van der Waals surface area contributed by atoms with E-state index in [4.69, 9.17) is 20.3 Å². The van der Waals surface area contributed by atoms with Crippen LogP contribution in [0.5, 0.6) is 0 Å². The molecule has 5 N–H and O–H groups in total. The molecule has 0 saturated carbocycles. The number of carbonyl (C=O) groups is 1. The Balaban J connectivity index is 1.94. The summed E-state index contributed by atoms with van der Waals surface area (Å²) in [5.41, 5.74) is 6.17. The van der Waals surface area contributed by atoms with Crippen LogP contribution in [0.3, 0.4) is 0 Å². The topological polar surface area (TPSA) is 149 Å². The maximum Gasteiger partial charge on any atom is 0.254 e. The standard InChI is InChI=1S/C18H29N7O4/c1-18(2,3)25-12-13(10-22-25)23-17-21-11-14(15(19)27)16(24-17)20-4-6-28-8-9-29-7-5-26/h10-12,26H,4-9H2,1-3H3,(H2,19,27)(H2,20,21,23,24). The van der Waals surface area contributed by atoms with E-state index in [2.05, 4.69) is 25.7 Å². The zero-order valence-corrected chi connectivity index (χ0v) is 17.0. The maximum absolute atomic E-state index is 11.6. The Morgan fingerprint density at radius 3 is 2.55 bits per heavy atom. The van der Waals surface area contributed by atoms with E-state index >= 15 is 0 Å². The van der Waals surface area contributed by atoms with Gasteiger partial charge in [-0.3, -0.25) is 9.48 Å². The Labute approximate surface area is 169 Å². The maximum atomic E-state index is 11.6. The molecule has 0 aliphatic rings. The van der Waals surface area contributed by atoms with Crippen molar-refractivity contribution >= 4 is 23.4 Å². The van der Waals surface area contributed by atoms with E-state index in [0.717, 1.165) is 5.69 Å². The number of aliphatic hydroxyl groups excluding tert-OH is 1. The number of nitrogens with zero attached hydrogens (tertiary/aromatic N) is 4. The summed E-state index contributed by atoms with van der Waals surface area (Å²) in [5.74, 6) is 0.000508. The largest absolute Gasteiger partial charge is 0.394 e. The summed E-state index contributed by atoms with van der Waals surface area (Å²) in [4.78, 5) is 20.1. The molecule has 11 heteroatoms. The van der Waals surface area contributed by atoms with E-state index in [9.17, 15) is 4.79 Å². The van der Waals surface area contributed by atoms with Crippen molar-refractivity contribution in [1.29, 1.82) is 0 Å². The minimum atomic E-state index is -0.627. The third kappa shape index (κ3) is 7.29. The van der Waals surface area contributed by atoms with E-state index in [0.29, 0.717) is 38.1 Å². The Morgan fingerprint density at radius 2 is 1.93 bits per heavy atom. The van der Waals surface area contributed by atoms with Crippen LogP contribution in [0.4, 0.5) is 17.5 Å². The molecule has 2 rings (SSSR count). The minimum Gasteiger partial charge on any atom is -0.394 e. The van der Waals surface area contributed by atoms with E-state index in [1.807, 2.05) is 31.6 Å². The molecule has 0 aromatic carbocycles. The quantitative estimate of drug-likeness (QED) is 0.373. The number of hydrogen-bond donors (Lipinski definition) is 4. The number of carbonyl (C=O) groups excluding carboxylic acids is 1. The number of anilines is 3. The molecular weight excluding hydrogens is 378 g/mol. The predicted molar refractivity (Wildman–Crippen MR) is 108 cm³/mol. The van der Waals surface area contributed by atoms with E-state index in [1.54, 1.807) is 6.20 Å². The monoisotopic (exact) mass is 407 g/mol. The van der Waals surface area contributed by atoms with Gasteiger partial charge in [0, 0.05) is 18.9 Å². The Kier molecular flexibility index (Phi) is 8.31. The summed E-state index contributed by atoms with van der Waals surface area (Å²) in [6.45, 7) is 8.01. The van der Waals surface area contributed by atoms with Gasteiger partial charge in [-0.2, -0.15) is 10.1 Å². The van der Waals surface area contributed by atoms with Gasteiger partial charge in [-0.25, -0.2) is 4.98 Å². The molecule has 11 nitrogen and oxygen atoms in total. The second kappa shape index (κ2) is 10.7. The molecule has 0 bridgehead atoms. The number of rotatable bonds is 12. The van der Waals surface area contributed by atoms with Gasteiger partial charge in [-0.1, -0.05) is 0 Å². The molecule has 1 amide bonds. The fraction of sp³-hybridized carbons (Fsp3) is 0.556. The highest BCUT2D eigenvalue weighted by Gasteiger charge is 2.15. The van der Waals surface area contributed by atoms with Crippen molar-refractivity contribution in [3.8, 4) is 0 Å². The number of primary amides is 1. The first-order valence-electron chi connectivity index (χ1n) is 9.30. The van der Waals surface area contributed by atoms with Crippen molar-refractivity contribution in [3.63, 3.8) is 0 Å². The zero-order chi connectivity index (χ0) is 21.3. The summed E-state index contributed by atoms with van der Waals surface area (Å²) < 4.78 is 12.3. The van der Waals surface area contributed by atoms with Crippen LogP contribution in [0.2, 0.25) is 0 Å². The molecule has 0 spiro atoms. The van der Waals surface area contributed by atoms with Crippen molar-refractivity contribution in [2.75, 3.05) is 50.2 Å². The number of amides is 1. The number of hydrogen-bond acceptors (Lipinski definition) is 9. The third-order valence-corrected chi connectivity index (χ3v) is 3.73. The van der Waals surface area contributed by atoms with Gasteiger partial charge in [0.1, 0.15) is 5.82 Å². The summed E-state index contributed by atoms with van der Waals surface area (Å²) in [6.07, 6.45) is 4.90. The number of nitrogens with one attached hydrogen (secondary N) is 2. The summed E-state index contributed by atoms with van der Waals surface area (Å²) in [7, 11) is 0. The lowest BCUT2D eigenvalue weighted by atomic mass is 10.1. The van der Waals surface area contributed by atoms with Gasteiger partial charge in [0.25, 0.3) is 5.91 Å². The van der Waals surface area contributed by atoms with Crippen LogP contribution in [0, 0.1) is 0 Å². The normalized spacial score (nSPS) is 11.4. The number of ether oxygens (including phenoxy) is 2. The highest BCUT2D eigenvalue weighted by atomic mass is 16.5. The van der Waals surface area contributed by atoms with E-state index < -0.39 is 5.91 Å². The van der Waals surface area contributed by atoms with Gasteiger partial charge in [0.15, 0.2) is 0 Å². The van der Waals surface area contributed by atoms with E-state index in [1.165, 1.54) is 6.20 Å². The van der Waals surface area contributed by atoms with Crippen molar-refractivity contribution in [1.82, 2.24) is 19.7 Å². The minimum absolute atomic E-state index is 0.0154. The van der Waals surface area contributed by atoms with Gasteiger partial charge < -0.3 is 30.9 Å². The van der Waals surface area contributed by atoms with E-state index in [-0.39, 0.29) is 24.3 Å². The molecule has 29 heavy (non-hydrogen) atoms. The molecule has 0 unspecified atom stereocenters. The number of aliphatic hydroxyl groups is 1. The third-order valence-electron chi connectivity index (χ3n) is 3.73. The highest BCUT2D eigenvalue weighted by Crippen LogP contribution is 2.19. The molecular formula is C18H29N7O4. The number of nitrogens with two attached hydrogens (primary N) is 1. The molecule has 160 valence electrons. The molecule has 2 aromatic heterocycles. The molecule has 2 aromatic rings. The lowest BCUT2D eigenvalue weighted by Gasteiger charge is -2.18. The highest BCUT2D eigenvalue weighted by molar-refractivity contribution is 5.97. The van der Waals surface area contributed by atoms with Gasteiger partial charge >= 0.3 is 0 Å². The Bertz CT molecular complexity index is 789. The van der Waals surface area contributed by atoms with Gasteiger partial charge in [0.2, 0.25) is 5.95 Å². The van der Waals surface area contributed by atoms with Crippen LogP contribution >= 0.6 is 0 Å². The van der Waals surface area contributed by atoms with Crippen LogP contribution in [0.15, 0.2) is 18.6 Å². The fourth-order valence-electron chi connectivity index (χ4n) is 2.27. The molecule has 0 aliphatic heterocycles. The molecule has 0 aliphatic carbocycles. The van der Waals surface area contributed by atoms with Crippen LogP contribution in [-0.2, 0) is 15.0 Å². The first-order chi connectivity index (χ1) is 13.8. The summed E-state index contributed by atoms with van der Waals surface area (Å²) in [6, 6.07) is 0. The van der Waals surface area contributed by atoms with Crippen LogP contribution in [-0.4, -0.2) is 70.3 Å². The van der Waals surface area contributed by atoms with Crippen molar-refractivity contribution in [2.45, 2.75) is 26.3 Å². The van der Waals surface area contributed by atoms with Crippen LogP contribution in [0.1, 0.15) is 31.1 Å². The number of aromatic nitrogens is 4. The Morgan fingerprint density at radius 1 is 1.21 bits per heavy atom. The predicted octanol–water partition coefficient (Wildman–Crippen LogP) is 0.708. The zero-order valence-electron chi connectivity index (χ0n) is 17.0. The average Bonchev–Trinajstić information content (AvgIpc) is 3.13. The lowest BCUT2D eigenvalue weighted by Crippen LogP contribution is -2.21. The first kappa shape index (κ1) is 22.5. The van der Waals surface area contributed by atoms with Crippen molar-refractivity contribution in [2.24, 2.45) is 5.73 Å². The van der Waals surface area contributed by atoms with Crippen LogP contribution in [0.25, 0.3) is 0 Å².